The zero-order chi connectivity index (χ0) is 12.6. The molecule has 2 fully saturated rings. The highest BCUT2D eigenvalue weighted by Gasteiger charge is 2.44. The molecule has 4 unspecified atom stereocenters. The number of rotatable bonds is 4. The lowest BCUT2D eigenvalue weighted by Gasteiger charge is -2.33. The van der Waals surface area contributed by atoms with Crippen LogP contribution in [0.25, 0.3) is 0 Å². The predicted octanol–water partition coefficient (Wildman–Crippen LogP) is 2.04. The third-order valence-electron chi connectivity index (χ3n) is 4.42. The van der Waals surface area contributed by atoms with Crippen molar-refractivity contribution < 1.29 is 9.90 Å². The summed E-state index contributed by atoms with van der Waals surface area (Å²) in [6, 6.07) is 0.191. The summed E-state index contributed by atoms with van der Waals surface area (Å²) in [5.41, 5.74) is 0. The summed E-state index contributed by atoms with van der Waals surface area (Å²) in [5.74, 6) is 1.96. The number of nitrogens with zero attached hydrogens (tertiary/aromatic N) is 1. The van der Waals surface area contributed by atoms with Crippen LogP contribution in [0.1, 0.15) is 46.5 Å². The number of aliphatic hydroxyl groups is 1. The molecule has 2 bridgehead atoms. The first-order valence-electron chi connectivity index (χ1n) is 6.97. The predicted molar refractivity (Wildman–Crippen MR) is 67.5 cm³/mol. The maximum absolute atomic E-state index is 12.5. The van der Waals surface area contributed by atoms with Crippen LogP contribution in [0.5, 0.6) is 0 Å². The Hall–Kier alpha value is -0.570. The lowest BCUT2D eigenvalue weighted by atomic mass is 9.87. The van der Waals surface area contributed by atoms with E-state index in [0.717, 1.165) is 12.3 Å². The largest absolute Gasteiger partial charge is 0.392 e. The van der Waals surface area contributed by atoms with E-state index in [4.69, 9.17) is 0 Å². The Labute approximate surface area is 104 Å². The molecule has 2 rings (SSSR count). The molecule has 17 heavy (non-hydrogen) atoms. The molecule has 0 spiro atoms. The Morgan fingerprint density at radius 3 is 2.41 bits per heavy atom. The number of carbonyl (C=O) groups is 1. The number of carbonyl (C=O) groups excluding carboxylic acids is 1. The summed E-state index contributed by atoms with van der Waals surface area (Å²) < 4.78 is 0. The van der Waals surface area contributed by atoms with E-state index in [1.54, 1.807) is 6.92 Å². The molecule has 98 valence electrons. The lowest BCUT2D eigenvalue weighted by Crippen LogP contribution is -2.45. The van der Waals surface area contributed by atoms with Gasteiger partial charge in [-0.1, -0.05) is 6.42 Å². The molecule has 0 aromatic rings. The van der Waals surface area contributed by atoms with Crippen LogP contribution in [-0.2, 0) is 4.79 Å². The normalized spacial score (nSPS) is 33.1. The summed E-state index contributed by atoms with van der Waals surface area (Å²) >= 11 is 0. The van der Waals surface area contributed by atoms with Crippen molar-refractivity contribution in [2.24, 2.45) is 17.8 Å². The minimum atomic E-state index is -0.431. The van der Waals surface area contributed by atoms with Gasteiger partial charge in [-0.15, -0.1) is 0 Å². The Bertz CT molecular complexity index is 288. The van der Waals surface area contributed by atoms with Gasteiger partial charge >= 0.3 is 0 Å². The number of amides is 1. The topological polar surface area (TPSA) is 40.5 Å². The monoisotopic (exact) mass is 239 g/mol. The van der Waals surface area contributed by atoms with E-state index in [1.807, 2.05) is 18.7 Å². The zero-order valence-electron chi connectivity index (χ0n) is 11.2. The Kier molecular flexibility index (Phi) is 3.76. The van der Waals surface area contributed by atoms with Gasteiger partial charge in [0.25, 0.3) is 0 Å². The lowest BCUT2D eigenvalue weighted by molar-refractivity contribution is -0.140. The first-order valence-corrected chi connectivity index (χ1v) is 6.97. The van der Waals surface area contributed by atoms with Crippen LogP contribution in [0.15, 0.2) is 0 Å². The Morgan fingerprint density at radius 1 is 1.29 bits per heavy atom. The molecule has 0 aromatic heterocycles. The third kappa shape index (κ3) is 2.65. The second-order valence-electron chi connectivity index (χ2n) is 6.21. The van der Waals surface area contributed by atoms with E-state index < -0.39 is 6.10 Å². The van der Waals surface area contributed by atoms with E-state index in [-0.39, 0.29) is 17.9 Å². The molecule has 1 amide bonds. The summed E-state index contributed by atoms with van der Waals surface area (Å²) in [6.07, 6.45) is 4.48. The van der Waals surface area contributed by atoms with Gasteiger partial charge < -0.3 is 10.0 Å². The van der Waals surface area contributed by atoms with Gasteiger partial charge in [-0.25, -0.2) is 0 Å². The molecular weight excluding hydrogens is 214 g/mol. The Morgan fingerprint density at radius 2 is 2.00 bits per heavy atom. The molecule has 2 aliphatic rings. The van der Waals surface area contributed by atoms with Crippen molar-refractivity contribution in [1.29, 1.82) is 0 Å². The highest BCUT2D eigenvalue weighted by atomic mass is 16.3. The van der Waals surface area contributed by atoms with E-state index in [2.05, 4.69) is 0 Å². The Balaban J connectivity index is 2.01. The van der Waals surface area contributed by atoms with Crippen molar-refractivity contribution in [3.05, 3.63) is 0 Å². The van der Waals surface area contributed by atoms with E-state index in [9.17, 15) is 9.90 Å². The maximum atomic E-state index is 12.5. The fourth-order valence-electron chi connectivity index (χ4n) is 3.60. The second-order valence-corrected chi connectivity index (χ2v) is 6.21. The van der Waals surface area contributed by atoms with Crippen molar-refractivity contribution in [1.82, 2.24) is 4.90 Å². The second kappa shape index (κ2) is 4.97. The minimum Gasteiger partial charge on any atom is -0.392 e. The van der Waals surface area contributed by atoms with Crippen molar-refractivity contribution >= 4 is 5.91 Å². The van der Waals surface area contributed by atoms with Crippen LogP contribution in [0, 0.1) is 17.8 Å². The number of hydrogen-bond donors (Lipinski definition) is 1. The molecule has 0 aromatic carbocycles. The molecule has 4 atom stereocenters. The van der Waals surface area contributed by atoms with Crippen LogP contribution in [0.3, 0.4) is 0 Å². The van der Waals surface area contributed by atoms with Crippen LogP contribution in [-0.4, -0.2) is 34.6 Å². The summed E-state index contributed by atoms with van der Waals surface area (Å²) in [7, 11) is 0. The van der Waals surface area contributed by atoms with Crippen LogP contribution < -0.4 is 0 Å². The average molecular weight is 239 g/mol. The van der Waals surface area contributed by atoms with Crippen molar-refractivity contribution in [3.8, 4) is 0 Å². The minimum absolute atomic E-state index is 0.191. The fraction of sp³-hybridized carbons (Fsp3) is 0.929. The van der Waals surface area contributed by atoms with Gasteiger partial charge in [0.15, 0.2) is 0 Å². The van der Waals surface area contributed by atoms with Crippen molar-refractivity contribution in [2.45, 2.75) is 58.6 Å². The van der Waals surface area contributed by atoms with Crippen LogP contribution >= 0.6 is 0 Å². The number of fused-ring (bicyclic) bond motifs is 2. The van der Waals surface area contributed by atoms with Gasteiger partial charge in [0.05, 0.1) is 6.10 Å². The summed E-state index contributed by atoms with van der Waals surface area (Å²) in [6.45, 7) is 6.30. The molecule has 0 radical (unpaired) electrons. The van der Waals surface area contributed by atoms with Gasteiger partial charge in [-0.05, 0) is 51.9 Å². The standard InChI is InChI=1S/C14H25NO2/c1-9(2)15(8-10(3)16)14(17)13-7-11-4-5-12(13)6-11/h9-13,16H,4-8H2,1-3H3. The number of aliphatic hydroxyl groups excluding tert-OH is 1. The molecule has 0 aliphatic heterocycles. The molecular formula is C14H25NO2. The fourth-order valence-corrected chi connectivity index (χ4v) is 3.60. The van der Waals surface area contributed by atoms with Gasteiger partial charge in [-0.3, -0.25) is 4.79 Å². The third-order valence-corrected chi connectivity index (χ3v) is 4.42. The molecule has 0 saturated heterocycles. The molecule has 3 heteroatoms. The molecule has 0 heterocycles. The van der Waals surface area contributed by atoms with E-state index in [1.165, 1.54) is 19.3 Å². The summed E-state index contributed by atoms with van der Waals surface area (Å²) in [4.78, 5) is 14.4. The maximum Gasteiger partial charge on any atom is 0.226 e. The SMILES string of the molecule is CC(O)CN(C(=O)C1CC2CCC1C2)C(C)C. The molecule has 1 N–H and O–H groups in total. The zero-order valence-corrected chi connectivity index (χ0v) is 11.2. The van der Waals surface area contributed by atoms with Gasteiger partial charge in [-0.2, -0.15) is 0 Å². The molecule has 3 nitrogen and oxygen atoms in total. The first-order chi connectivity index (χ1) is 7.99. The highest BCUT2D eigenvalue weighted by Crippen LogP contribution is 2.49. The van der Waals surface area contributed by atoms with Crippen LogP contribution in [0.4, 0.5) is 0 Å². The summed E-state index contributed by atoms with van der Waals surface area (Å²) in [5, 5.41) is 9.50. The highest BCUT2D eigenvalue weighted by molar-refractivity contribution is 5.80. The average Bonchev–Trinajstić information content (AvgIpc) is 2.85. The quantitative estimate of drug-likeness (QED) is 0.815. The first kappa shape index (κ1) is 12.9. The van der Waals surface area contributed by atoms with E-state index >= 15 is 0 Å². The van der Waals surface area contributed by atoms with Crippen molar-refractivity contribution in [3.63, 3.8) is 0 Å². The smallest absolute Gasteiger partial charge is 0.226 e. The molecule has 2 aliphatic carbocycles. The van der Waals surface area contributed by atoms with Crippen molar-refractivity contribution in [2.75, 3.05) is 6.54 Å². The van der Waals surface area contributed by atoms with Crippen LogP contribution in [0.2, 0.25) is 0 Å². The van der Waals surface area contributed by atoms with Gasteiger partial charge in [0.1, 0.15) is 0 Å². The van der Waals surface area contributed by atoms with Gasteiger partial charge in [0, 0.05) is 18.5 Å². The number of hydrogen-bond acceptors (Lipinski definition) is 2. The van der Waals surface area contributed by atoms with E-state index in [0.29, 0.717) is 12.5 Å². The molecule has 2 saturated carbocycles. The van der Waals surface area contributed by atoms with Gasteiger partial charge in [0.2, 0.25) is 5.91 Å².